The van der Waals surface area contributed by atoms with Crippen molar-refractivity contribution < 1.29 is 9.90 Å². The summed E-state index contributed by atoms with van der Waals surface area (Å²) in [5.74, 6) is 1.57. The van der Waals surface area contributed by atoms with Gasteiger partial charge in [0.1, 0.15) is 0 Å². The predicted molar refractivity (Wildman–Crippen MR) is 70.6 cm³/mol. The zero-order chi connectivity index (χ0) is 12.1. The minimum Gasteiger partial charge on any atom is -0.478 e. The molecule has 2 N–H and O–H groups in total. The summed E-state index contributed by atoms with van der Waals surface area (Å²) in [4.78, 5) is 11.0. The molecule has 0 amide bonds. The van der Waals surface area contributed by atoms with E-state index in [1.807, 2.05) is 23.9 Å². The molecule has 0 aliphatic carbocycles. The van der Waals surface area contributed by atoms with Crippen LogP contribution in [-0.4, -0.2) is 28.6 Å². The number of thioether (sulfide) groups is 1. The maximum absolute atomic E-state index is 11.0. The minimum atomic E-state index is -0.846. The largest absolute Gasteiger partial charge is 0.478 e. The second-order valence-electron chi connectivity index (χ2n) is 4.23. The summed E-state index contributed by atoms with van der Waals surface area (Å²) < 4.78 is 0. The monoisotopic (exact) mass is 251 g/mol. The van der Waals surface area contributed by atoms with E-state index in [-0.39, 0.29) is 0 Å². The van der Waals surface area contributed by atoms with Crippen LogP contribution < -0.4 is 5.32 Å². The first-order chi connectivity index (χ1) is 8.27. The van der Waals surface area contributed by atoms with E-state index in [9.17, 15) is 4.79 Å². The van der Waals surface area contributed by atoms with Gasteiger partial charge in [0.25, 0.3) is 0 Å². The number of nitrogens with one attached hydrogen (secondary N) is 1. The molecule has 0 unspecified atom stereocenters. The Bertz CT molecular complexity index is 389. The van der Waals surface area contributed by atoms with Crippen LogP contribution in [-0.2, 0) is 6.54 Å². The van der Waals surface area contributed by atoms with Gasteiger partial charge in [-0.3, -0.25) is 0 Å². The smallest absolute Gasteiger partial charge is 0.336 e. The topological polar surface area (TPSA) is 49.3 Å². The van der Waals surface area contributed by atoms with Crippen molar-refractivity contribution >= 4 is 17.7 Å². The summed E-state index contributed by atoms with van der Waals surface area (Å²) in [7, 11) is 0. The predicted octanol–water partition coefficient (Wildman–Crippen LogP) is 2.37. The molecule has 1 aliphatic heterocycles. The molecule has 0 radical (unpaired) electrons. The summed E-state index contributed by atoms with van der Waals surface area (Å²) in [6.45, 7) is 0.651. The maximum Gasteiger partial charge on any atom is 0.336 e. The standard InChI is InChI=1S/C13H17NO2S/c15-13(16)12-4-2-1-3-10(12)9-14-11-5-7-17-8-6-11/h1-4,11,14H,5-9H2,(H,15,16). The fraction of sp³-hybridized carbons (Fsp3) is 0.462. The van der Waals surface area contributed by atoms with Crippen LogP contribution in [0.15, 0.2) is 24.3 Å². The molecule has 3 nitrogen and oxygen atoms in total. The SMILES string of the molecule is O=C(O)c1ccccc1CNC1CCSCC1. The van der Waals surface area contributed by atoms with E-state index in [0.29, 0.717) is 18.2 Å². The van der Waals surface area contributed by atoms with Crippen LogP contribution in [0, 0.1) is 0 Å². The highest BCUT2D eigenvalue weighted by molar-refractivity contribution is 7.99. The van der Waals surface area contributed by atoms with Gasteiger partial charge in [-0.1, -0.05) is 18.2 Å². The fourth-order valence-corrected chi connectivity index (χ4v) is 3.15. The first kappa shape index (κ1) is 12.5. The van der Waals surface area contributed by atoms with E-state index in [1.165, 1.54) is 24.3 Å². The highest BCUT2D eigenvalue weighted by atomic mass is 32.2. The molecule has 1 aliphatic rings. The molecule has 0 spiro atoms. The van der Waals surface area contributed by atoms with Gasteiger partial charge in [-0.2, -0.15) is 11.8 Å². The molecule has 1 saturated heterocycles. The number of carboxylic acid groups (broad SMARTS) is 1. The van der Waals surface area contributed by atoms with Gasteiger partial charge in [0, 0.05) is 12.6 Å². The first-order valence-corrected chi connectivity index (χ1v) is 7.05. The van der Waals surface area contributed by atoms with Gasteiger partial charge in [-0.25, -0.2) is 4.79 Å². The summed E-state index contributed by atoms with van der Waals surface area (Å²) in [6.07, 6.45) is 2.36. The molecule has 4 heteroatoms. The van der Waals surface area contributed by atoms with E-state index in [1.54, 1.807) is 12.1 Å². The number of carbonyl (C=O) groups is 1. The molecule has 0 aromatic heterocycles. The summed E-state index contributed by atoms with van der Waals surface area (Å²) in [6, 6.07) is 7.74. The van der Waals surface area contributed by atoms with Crippen molar-refractivity contribution in [2.24, 2.45) is 0 Å². The molecule has 0 atom stereocenters. The van der Waals surface area contributed by atoms with Crippen LogP contribution in [0.2, 0.25) is 0 Å². The lowest BCUT2D eigenvalue weighted by atomic mass is 10.1. The average Bonchev–Trinajstić information content (AvgIpc) is 2.38. The summed E-state index contributed by atoms with van der Waals surface area (Å²) >= 11 is 1.99. The number of rotatable bonds is 4. The third-order valence-corrected chi connectivity index (χ3v) is 4.10. The van der Waals surface area contributed by atoms with Gasteiger partial charge in [-0.05, 0) is 36.0 Å². The molecule has 0 bridgehead atoms. The molecule has 1 heterocycles. The normalized spacial score (nSPS) is 16.9. The zero-order valence-electron chi connectivity index (χ0n) is 9.69. The second-order valence-corrected chi connectivity index (χ2v) is 5.45. The Kier molecular flexibility index (Phi) is 4.45. The van der Waals surface area contributed by atoms with Crippen LogP contribution in [0.1, 0.15) is 28.8 Å². The second kappa shape index (κ2) is 6.07. The van der Waals surface area contributed by atoms with E-state index in [2.05, 4.69) is 5.32 Å². The molecule has 2 rings (SSSR count). The number of hydrogen-bond donors (Lipinski definition) is 2. The first-order valence-electron chi connectivity index (χ1n) is 5.89. The lowest BCUT2D eigenvalue weighted by Gasteiger charge is -2.23. The van der Waals surface area contributed by atoms with E-state index in [0.717, 1.165) is 5.56 Å². The Morgan fingerprint density at radius 1 is 1.35 bits per heavy atom. The van der Waals surface area contributed by atoms with Gasteiger partial charge in [0.05, 0.1) is 5.56 Å². The van der Waals surface area contributed by atoms with Crippen molar-refractivity contribution in [3.63, 3.8) is 0 Å². The summed E-state index contributed by atoms with van der Waals surface area (Å²) in [5.41, 5.74) is 1.28. The van der Waals surface area contributed by atoms with Crippen LogP contribution >= 0.6 is 11.8 Å². The van der Waals surface area contributed by atoms with Crippen LogP contribution in [0.3, 0.4) is 0 Å². The average molecular weight is 251 g/mol. The molecular formula is C13H17NO2S. The number of hydrogen-bond acceptors (Lipinski definition) is 3. The van der Waals surface area contributed by atoms with E-state index in [4.69, 9.17) is 5.11 Å². The lowest BCUT2D eigenvalue weighted by Crippen LogP contribution is -2.32. The Hall–Kier alpha value is -1.00. The third-order valence-electron chi connectivity index (χ3n) is 3.05. The molecule has 1 fully saturated rings. The Morgan fingerprint density at radius 2 is 2.06 bits per heavy atom. The molecule has 1 aromatic carbocycles. The Balaban J connectivity index is 1.96. The number of benzene rings is 1. The van der Waals surface area contributed by atoms with E-state index >= 15 is 0 Å². The minimum absolute atomic E-state index is 0.408. The van der Waals surface area contributed by atoms with Crippen LogP contribution in [0.4, 0.5) is 0 Å². The molecule has 0 saturated carbocycles. The highest BCUT2D eigenvalue weighted by Crippen LogP contribution is 2.17. The van der Waals surface area contributed by atoms with Crippen molar-refractivity contribution in [2.75, 3.05) is 11.5 Å². The molecule has 1 aromatic rings. The van der Waals surface area contributed by atoms with Crippen LogP contribution in [0.25, 0.3) is 0 Å². The quantitative estimate of drug-likeness (QED) is 0.862. The number of aromatic carboxylic acids is 1. The lowest BCUT2D eigenvalue weighted by molar-refractivity contribution is 0.0695. The number of carboxylic acids is 1. The van der Waals surface area contributed by atoms with Crippen LogP contribution in [0.5, 0.6) is 0 Å². The Morgan fingerprint density at radius 3 is 2.76 bits per heavy atom. The van der Waals surface area contributed by atoms with Gasteiger partial charge < -0.3 is 10.4 Å². The van der Waals surface area contributed by atoms with Gasteiger partial charge in [0.15, 0.2) is 0 Å². The van der Waals surface area contributed by atoms with Crippen molar-refractivity contribution in [3.8, 4) is 0 Å². The van der Waals surface area contributed by atoms with Gasteiger partial charge in [-0.15, -0.1) is 0 Å². The van der Waals surface area contributed by atoms with E-state index < -0.39 is 5.97 Å². The van der Waals surface area contributed by atoms with Crippen molar-refractivity contribution in [1.29, 1.82) is 0 Å². The molecular weight excluding hydrogens is 234 g/mol. The van der Waals surface area contributed by atoms with Crippen molar-refractivity contribution in [2.45, 2.75) is 25.4 Å². The van der Waals surface area contributed by atoms with Crippen molar-refractivity contribution in [1.82, 2.24) is 5.32 Å². The molecule has 17 heavy (non-hydrogen) atoms. The molecule has 92 valence electrons. The Labute approximate surface area is 106 Å². The highest BCUT2D eigenvalue weighted by Gasteiger charge is 2.14. The summed E-state index contributed by atoms with van der Waals surface area (Å²) in [5, 5.41) is 12.5. The van der Waals surface area contributed by atoms with Crippen molar-refractivity contribution in [3.05, 3.63) is 35.4 Å². The third kappa shape index (κ3) is 3.48. The fourth-order valence-electron chi connectivity index (χ4n) is 2.04. The maximum atomic E-state index is 11.0. The van der Waals surface area contributed by atoms with Gasteiger partial charge >= 0.3 is 5.97 Å². The van der Waals surface area contributed by atoms with Gasteiger partial charge in [0.2, 0.25) is 0 Å². The zero-order valence-corrected chi connectivity index (χ0v) is 10.5.